The minimum Gasteiger partial charge on any atom is -0.478 e. The summed E-state index contributed by atoms with van der Waals surface area (Å²) < 4.78 is 0. The summed E-state index contributed by atoms with van der Waals surface area (Å²) >= 11 is 4.95. The lowest BCUT2D eigenvalue weighted by molar-refractivity contribution is 0.0696. The van der Waals surface area contributed by atoms with Crippen LogP contribution in [0.15, 0.2) is 48.5 Å². The SMILES string of the molecule is Cc1ccccc1C(=O)N(C=S)Cc1ccc(C(=O)O)cc1. The van der Waals surface area contributed by atoms with Crippen molar-refractivity contribution in [2.45, 2.75) is 13.5 Å². The molecule has 0 aliphatic rings. The highest BCUT2D eigenvalue weighted by Crippen LogP contribution is 2.13. The van der Waals surface area contributed by atoms with Crippen LogP contribution in [0.2, 0.25) is 0 Å². The van der Waals surface area contributed by atoms with E-state index < -0.39 is 5.97 Å². The van der Waals surface area contributed by atoms with Crippen molar-refractivity contribution in [3.63, 3.8) is 0 Å². The number of aromatic carboxylic acids is 1. The monoisotopic (exact) mass is 313 g/mol. The predicted molar refractivity (Wildman–Crippen MR) is 88.1 cm³/mol. The Labute approximate surface area is 134 Å². The second-order valence-electron chi connectivity index (χ2n) is 4.86. The van der Waals surface area contributed by atoms with Crippen LogP contribution < -0.4 is 0 Å². The molecule has 0 heterocycles. The van der Waals surface area contributed by atoms with Gasteiger partial charge >= 0.3 is 5.97 Å². The highest BCUT2D eigenvalue weighted by molar-refractivity contribution is 7.78. The Morgan fingerprint density at radius 1 is 1.14 bits per heavy atom. The highest BCUT2D eigenvalue weighted by Gasteiger charge is 2.16. The van der Waals surface area contributed by atoms with E-state index in [1.165, 1.54) is 22.5 Å². The molecule has 0 aromatic heterocycles. The fourth-order valence-corrected chi connectivity index (χ4v) is 2.24. The molecule has 4 nitrogen and oxygen atoms in total. The van der Waals surface area contributed by atoms with Crippen LogP contribution in [0.4, 0.5) is 0 Å². The normalized spacial score (nSPS) is 10.0. The number of nitrogens with zero attached hydrogens (tertiary/aromatic N) is 1. The summed E-state index contributed by atoms with van der Waals surface area (Å²) in [6.45, 7) is 2.17. The third kappa shape index (κ3) is 3.56. The van der Waals surface area contributed by atoms with Gasteiger partial charge in [-0.1, -0.05) is 42.5 Å². The molecular formula is C17H15NO3S. The number of carboxylic acid groups (broad SMARTS) is 1. The summed E-state index contributed by atoms with van der Waals surface area (Å²) in [7, 11) is 0. The van der Waals surface area contributed by atoms with Crippen LogP contribution in [0.1, 0.15) is 31.8 Å². The Kier molecular flexibility index (Phi) is 5.01. The summed E-state index contributed by atoms with van der Waals surface area (Å²) in [5, 5.41) is 8.88. The first kappa shape index (κ1) is 15.9. The number of hydrogen-bond donors (Lipinski definition) is 1. The molecule has 0 aliphatic carbocycles. The lowest BCUT2D eigenvalue weighted by atomic mass is 10.1. The fourth-order valence-electron chi connectivity index (χ4n) is 2.07. The minimum atomic E-state index is -0.978. The van der Waals surface area contributed by atoms with E-state index in [1.807, 2.05) is 25.1 Å². The van der Waals surface area contributed by atoms with Gasteiger partial charge in [-0.05, 0) is 36.2 Å². The first-order chi connectivity index (χ1) is 10.5. The fraction of sp³-hybridized carbons (Fsp3) is 0.118. The lowest BCUT2D eigenvalue weighted by Crippen LogP contribution is -2.29. The Hall–Kier alpha value is -2.53. The average molecular weight is 313 g/mol. The van der Waals surface area contributed by atoms with Gasteiger partial charge in [-0.15, -0.1) is 0 Å². The molecule has 2 aromatic rings. The summed E-state index contributed by atoms with van der Waals surface area (Å²) in [6.07, 6.45) is 0. The zero-order valence-corrected chi connectivity index (χ0v) is 12.8. The van der Waals surface area contributed by atoms with Gasteiger partial charge in [0.15, 0.2) is 0 Å². The molecule has 0 fully saturated rings. The van der Waals surface area contributed by atoms with Gasteiger partial charge in [-0.25, -0.2) is 4.79 Å². The van der Waals surface area contributed by atoms with E-state index in [9.17, 15) is 9.59 Å². The molecule has 0 spiro atoms. The van der Waals surface area contributed by atoms with Crippen molar-refractivity contribution >= 4 is 29.6 Å². The van der Waals surface area contributed by atoms with Crippen LogP contribution in [0.25, 0.3) is 0 Å². The molecule has 0 unspecified atom stereocenters. The number of thiocarbonyl (C=S) groups is 1. The number of carbonyl (C=O) groups excluding carboxylic acids is 1. The Bertz CT molecular complexity index is 710. The first-order valence-electron chi connectivity index (χ1n) is 6.67. The van der Waals surface area contributed by atoms with E-state index in [-0.39, 0.29) is 11.5 Å². The molecule has 0 radical (unpaired) electrons. The molecule has 1 N–H and O–H groups in total. The second-order valence-corrected chi connectivity index (χ2v) is 5.07. The number of carbonyl (C=O) groups is 2. The molecule has 1 amide bonds. The maximum absolute atomic E-state index is 12.5. The smallest absolute Gasteiger partial charge is 0.335 e. The topological polar surface area (TPSA) is 57.6 Å². The van der Waals surface area contributed by atoms with Crippen molar-refractivity contribution in [3.8, 4) is 0 Å². The number of benzene rings is 2. The van der Waals surface area contributed by atoms with E-state index in [1.54, 1.807) is 18.2 Å². The molecule has 112 valence electrons. The zero-order valence-electron chi connectivity index (χ0n) is 12.0. The number of carboxylic acids is 1. The molecule has 0 saturated heterocycles. The standard InChI is InChI=1S/C17H15NO3S/c1-12-4-2-3-5-15(12)16(19)18(11-22)10-13-6-8-14(9-7-13)17(20)21/h2-9,11H,10H2,1H3,(H,20,21). The van der Waals surface area contributed by atoms with Gasteiger partial charge in [-0.2, -0.15) is 0 Å². The summed E-state index contributed by atoms with van der Waals surface area (Å²) in [5.41, 5.74) is 3.83. The van der Waals surface area contributed by atoms with E-state index in [0.717, 1.165) is 11.1 Å². The number of rotatable bonds is 5. The molecule has 2 rings (SSSR count). The van der Waals surface area contributed by atoms with Crippen molar-refractivity contribution in [2.75, 3.05) is 0 Å². The van der Waals surface area contributed by atoms with E-state index in [0.29, 0.717) is 12.1 Å². The van der Waals surface area contributed by atoms with Gasteiger partial charge in [0.05, 0.1) is 17.6 Å². The molecule has 0 atom stereocenters. The van der Waals surface area contributed by atoms with E-state index in [4.69, 9.17) is 17.3 Å². The van der Waals surface area contributed by atoms with Gasteiger partial charge < -0.3 is 10.0 Å². The lowest BCUT2D eigenvalue weighted by Gasteiger charge is -2.18. The van der Waals surface area contributed by atoms with Crippen LogP contribution in [-0.2, 0) is 6.54 Å². The average Bonchev–Trinajstić information content (AvgIpc) is 2.53. The summed E-state index contributed by atoms with van der Waals surface area (Å²) in [6, 6.07) is 13.7. The third-order valence-corrected chi connectivity index (χ3v) is 3.57. The van der Waals surface area contributed by atoms with Gasteiger partial charge in [0, 0.05) is 5.56 Å². The van der Waals surface area contributed by atoms with Gasteiger partial charge in [0.25, 0.3) is 5.91 Å². The largest absolute Gasteiger partial charge is 0.478 e. The van der Waals surface area contributed by atoms with Gasteiger partial charge in [0.1, 0.15) is 0 Å². The van der Waals surface area contributed by atoms with Crippen LogP contribution in [0, 0.1) is 6.92 Å². The molecule has 0 aliphatic heterocycles. The predicted octanol–water partition coefficient (Wildman–Crippen LogP) is 3.29. The molecular weight excluding hydrogens is 298 g/mol. The number of hydrogen-bond acceptors (Lipinski definition) is 3. The second kappa shape index (κ2) is 6.95. The zero-order chi connectivity index (χ0) is 16.1. The van der Waals surface area contributed by atoms with Crippen LogP contribution in [-0.4, -0.2) is 27.4 Å². The maximum Gasteiger partial charge on any atom is 0.335 e. The Morgan fingerprint density at radius 2 is 1.77 bits per heavy atom. The van der Waals surface area contributed by atoms with Gasteiger partial charge in [-0.3, -0.25) is 4.79 Å². The van der Waals surface area contributed by atoms with Crippen molar-refractivity contribution in [2.24, 2.45) is 0 Å². The molecule has 5 heteroatoms. The third-order valence-electron chi connectivity index (χ3n) is 3.32. The first-order valence-corrected chi connectivity index (χ1v) is 7.14. The summed E-state index contributed by atoms with van der Waals surface area (Å²) in [4.78, 5) is 24.8. The summed E-state index contributed by atoms with van der Waals surface area (Å²) in [5.74, 6) is -1.15. The number of amides is 1. The molecule has 0 saturated carbocycles. The molecule has 22 heavy (non-hydrogen) atoms. The Morgan fingerprint density at radius 3 is 2.32 bits per heavy atom. The highest BCUT2D eigenvalue weighted by atomic mass is 32.1. The van der Waals surface area contributed by atoms with Crippen LogP contribution in [0.5, 0.6) is 0 Å². The molecule has 2 aromatic carbocycles. The van der Waals surface area contributed by atoms with Crippen molar-refractivity contribution in [1.29, 1.82) is 0 Å². The quantitative estimate of drug-likeness (QED) is 0.861. The minimum absolute atomic E-state index is 0.171. The van der Waals surface area contributed by atoms with E-state index in [2.05, 4.69) is 0 Å². The van der Waals surface area contributed by atoms with E-state index >= 15 is 0 Å². The van der Waals surface area contributed by atoms with Crippen LogP contribution in [0.3, 0.4) is 0 Å². The van der Waals surface area contributed by atoms with Crippen molar-refractivity contribution < 1.29 is 14.7 Å². The van der Waals surface area contributed by atoms with Gasteiger partial charge in [0.2, 0.25) is 0 Å². The molecule has 0 bridgehead atoms. The number of aryl methyl sites for hydroxylation is 1. The van der Waals surface area contributed by atoms with Crippen LogP contribution >= 0.6 is 12.2 Å². The maximum atomic E-state index is 12.5. The Balaban J connectivity index is 2.18. The van der Waals surface area contributed by atoms with Crippen molar-refractivity contribution in [3.05, 3.63) is 70.8 Å². The van der Waals surface area contributed by atoms with Crippen molar-refractivity contribution in [1.82, 2.24) is 4.90 Å².